The van der Waals surface area contributed by atoms with E-state index in [-0.39, 0.29) is 6.54 Å². The van der Waals surface area contributed by atoms with Gasteiger partial charge in [-0.15, -0.1) is 0 Å². The Bertz CT molecular complexity index is 605. The minimum Gasteiger partial charge on any atom is -0.478 e. The molecule has 2 fully saturated rings. The second-order valence-corrected chi connectivity index (χ2v) is 7.23. The van der Waals surface area contributed by atoms with Crippen LogP contribution in [-0.2, 0) is 20.3 Å². The summed E-state index contributed by atoms with van der Waals surface area (Å²) in [6, 6.07) is 7.53. The van der Waals surface area contributed by atoms with Crippen LogP contribution in [0.1, 0.15) is 24.3 Å². The third-order valence-corrected chi connectivity index (χ3v) is 5.53. The van der Waals surface area contributed by atoms with Crippen LogP contribution in [0.5, 0.6) is 0 Å². The summed E-state index contributed by atoms with van der Waals surface area (Å²) in [5.41, 5.74) is 1.81. The lowest BCUT2D eigenvalue weighted by Gasteiger charge is -2.22. The van der Waals surface area contributed by atoms with Crippen molar-refractivity contribution in [3.63, 3.8) is 0 Å². The summed E-state index contributed by atoms with van der Waals surface area (Å²) in [7, 11) is -0.679. The standard InChI is InChI=1S/C15H17NO5S/c17-14(18)13-9-16(15(19)21-13)12-3-1-10(2-4-12)11-5-7-22(20)8-6-11/h1-4,11,13H,5-9H2,(H,17,18)/t11?,13-,22?/m1/s1. The highest BCUT2D eigenvalue weighted by molar-refractivity contribution is 7.85. The van der Waals surface area contributed by atoms with Crippen molar-refractivity contribution in [1.82, 2.24) is 0 Å². The van der Waals surface area contributed by atoms with Gasteiger partial charge >= 0.3 is 12.1 Å². The van der Waals surface area contributed by atoms with Gasteiger partial charge in [0.25, 0.3) is 0 Å². The van der Waals surface area contributed by atoms with Gasteiger partial charge in [0.05, 0.1) is 6.54 Å². The normalized spacial score (nSPS) is 28.5. The molecule has 1 aromatic carbocycles. The molecule has 0 spiro atoms. The highest BCUT2D eigenvalue weighted by atomic mass is 32.2. The molecular weight excluding hydrogens is 306 g/mol. The molecule has 0 radical (unpaired) electrons. The van der Waals surface area contributed by atoms with Crippen LogP contribution in [0, 0.1) is 0 Å². The number of carboxylic acids is 1. The Kier molecular flexibility index (Phi) is 4.15. The zero-order valence-electron chi connectivity index (χ0n) is 11.9. The van der Waals surface area contributed by atoms with Gasteiger partial charge in [-0.3, -0.25) is 9.11 Å². The number of benzene rings is 1. The van der Waals surface area contributed by atoms with Crippen molar-refractivity contribution >= 4 is 28.5 Å². The number of amides is 1. The minimum atomic E-state index is -1.14. The topological polar surface area (TPSA) is 83.9 Å². The van der Waals surface area contributed by atoms with Gasteiger partial charge in [0, 0.05) is 28.0 Å². The number of hydrogen-bond donors (Lipinski definition) is 1. The van der Waals surface area contributed by atoms with Crippen molar-refractivity contribution in [2.75, 3.05) is 23.0 Å². The number of aliphatic carboxylic acids is 1. The number of carbonyl (C=O) groups is 2. The van der Waals surface area contributed by atoms with E-state index in [1.807, 2.05) is 24.3 Å². The van der Waals surface area contributed by atoms with Gasteiger partial charge in [-0.05, 0) is 36.5 Å². The molecule has 2 saturated heterocycles. The third kappa shape index (κ3) is 2.99. The van der Waals surface area contributed by atoms with E-state index in [0.29, 0.717) is 11.6 Å². The van der Waals surface area contributed by atoms with Crippen LogP contribution in [0.15, 0.2) is 24.3 Å². The molecule has 118 valence electrons. The number of ether oxygens (including phenoxy) is 1. The smallest absolute Gasteiger partial charge is 0.415 e. The van der Waals surface area contributed by atoms with Gasteiger partial charge in [0.15, 0.2) is 0 Å². The molecule has 0 aliphatic carbocycles. The fourth-order valence-corrected chi connectivity index (χ4v) is 4.15. The lowest BCUT2D eigenvalue weighted by Crippen LogP contribution is -2.27. The molecule has 1 amide bonds. The number of nitrogens with zero attached hydrogens (tertiary/aromatic N) is 1. The lowest BCUT2D eigenvalue weighted by atomic mass is 9.93. The molecule has 0 unspecified atom stereocenters. The van der Waals surface area contributed by atoms with Crippen LogP contribution in [0.2, 0.25) is 0 Å². The number of carboxylic acid groups (broad SMARTS) is 1. The fraction of sp³-hybridized carbons (Fsp3) is 0.467. The Morgan fingerprint density at radius 2 is 1.86 bits per heavy atom. The van der Waals surface area contributed by atoms with E-state index < -0.39 is 29.0 Å². The maximum atomic E-state index is 11.7. The zero-order chi connectivity index (χ0) is 15.7. The van der Waals surface area contributed by atoms with Gasteiger partial charge in [-0.1, -0.05) is 12.1 Å². The first-order valence-corrected chi connectivity index (χ1v) is 8.69. The van der Waals surface area contributed by atoms with Crippen molar-refractivity contribution in [3.8, 4) is 0 Å². The molecule has 1 atom stereocenters. The Hall–Kier alpha value is -1.89. The van der Waals surface area contributed by atoms with Crippen molar-refractivity contribution in [1.29, 1.82) is 0 Å². The minimum absolute atomic E-state index is 0.0237. The van der Waals surface area contributed by atoms with E-state index in [2.05, 4.69) is 0 Å². The Labute approximate surface area is 130 Å². The first kappa shape index (κ1) is 15.0. The number of carbonyl (C=O) groups excluding carboxylic acids is 1. The first-order valence-electron chi connectivity index (χ1n) is 7.20. The summed E-state index contributed by atoms with van der Waals surface area (Å²) in [5.74, 6) is 0.753. The SMILES string of the molecule is O=C(O)[C@H]1CN(c2ccc(C3CCS(=O)CC3)cc2)C(=O)O1. The predicted molar refractivity (Wildman–Crippen MR) is 81.5 cm³/mol. The molecule has 7 heteroatoms. The molecule has 2 heterocycles. The molecule has 1 N–H and O–H groups in total. The summed E-state index contributed by atoms with van der Waals surface area (Å²) < 4.78 is 16.2. The second-order valence-electron chi connectivity index (χ2n) is 5.54. The number of hydrogen-bond acceptors (Lipinski definition) is 4. The van der Waals surface area contributed by atoms with Crippen molar-refractivity contribution in [2.45, 2.75) is 24.9 Å². The molecule has 6 nitrogen and oxygen atoms in total. The molecule has 1 aromatic rings. The number of rotatable bonds is 3. The second kappa shape index (κ2) is 6.08. The number of cyclic esters (lactones) is 1. The quantitative estimate of drug-likeness (QED) is 0.915. The monoisotopic (exact) mass is 323 g/mol. The maximum Gasteiger partial charge on any atom is 0.415 e. The summed E-state index contributed by atoms with van der Waals surface area (Å²) in [6.45, 7) is 0.0237. The molecule has 0 saturated carbocycles. The molecule has 2 aliphatic heterocycles. The summed E-state index contributed by atoms with van der Waals surface area (Å²) in [6.07, 6.45) is 0.0890. The first-order chi connectivity index (χ1) is 10.5. The summed E-state index contributed by atoms with van der Waals surface area (Å²) in [5, 5.41) is 8.90. The highest BCUT2D eigenvalue weighted by Gasteiger charge is 2.36. The Morgan fingerprint density at radius 1 is 1.23 bits per heavy atom. The lowest BCUT2D eigenvalue weighted by molar-refractivity contribution is -0.144. The van der Waals surface area contributed by atoms with Crippen molar-refractivity contribution < 1.29 is 23.6 Å². The summed E-state index contributed by atoms with van der Waals surface area (Å²) >= 11 is 0. The third-order valence-electron chi connectivity index (χ3n) is 4.15. The highest BCUT2D eigenvalue weighted by Crippen LogP contribution is 2.30. The van der Waals surface area contributed by atoms with Crippen LogP contribution in [0.4, 0.5) is 10.5 Å². The maximum absolute atomic E-state index is 11.7. The average molecular weight is 323 g/mol. The van der Waals surface area contributed by atoms with E-state index in [1.54, 1.807) is 0 Å². The van der Waals surface area contributed by atoms with Gasteiger partial charge in [-0.25, -0.2) is 9.59 Å². The van der Waals surface area contributed by atoms with Gasteiger partial charge in [0.1, 0.15) is 0 Å². The Morgan fingerprint density at radius 3 is 2.41 bits per heavy atom. The van der Waals surface area contributed by atoms with E-state index in [1.165, 1.54) is 10.5 Å². The molecule has 0 aromatic heterocycles. The van der Waals surface area contributed by atoms with E-state index >= 15 is 0 Å². The van der Waals surface area contributed by atoms with Crippen molar-refractivity contribution in [3.05, 3.63) is 29.8 Å². The van der Waals surface area contributed by atoms with Crippen LogP contribution in [0.3, 0.4) is 0 Å². The van der Waals surface area contributed by atoms with E-state index in [4.69, 9.17) is 9.84 Å². The molecule has 2 aliphatic rings. The Balaban J connectivity index is 1.70. The summed E-state index contributed by atoms with van der Waals surface area (Å²) in [4.78, 5) is 23.9. The van der Waals surface area contributed by atoms with Gasteiger partial charge in [-0.2, -0.15) is 0 Å². The van der Waals surface area contributed by atoms with Gasteiger partial charge < -0.3 is 9.84 Å². The van der Waals surface area contributed by atoms with Crippen LogP contribution < -0.4 is 4.90 Å². The predicted octanol–water partition coefficient (Wildman–Crippen LogP) is 1.72. The fourth-order valence-electron chi connectivity index (χ4n) is 2.86. The van der Waals surface area contributed by atoms with E-state index in [0.717, 1.165) is 24.3 Å². The van der Waals surface area contributed by atoms with Gasteiger partial charge in [0.2, 0.25) is 6.10 Å². The van der Waals surface area contributed by atoms with E-state index in [9.17, 15) is 13.8 Å². The van der Waals surface area contributed by atoms with Crippen LogP contribution >= 0.6 is 0 Å². The largest absolute Gasteiger partial charge is 0.478 e. The van der Waals surface area contributed by atoms with Crippen LogP contribution in [-0.4, -0.2) is 45.5 Å². The zero-order valence-corrected chi connectivity index (χ0v) is 12.8. The molecule has 0 bridgehead atoms. The number of anilines is 1. The molecule has 3 rings (SSSR count). The molecular formula is C15H17NO5S. The van der Waals surface area contributed by atoms with Crippen molar-refractivity contribution in [2.24, 2.45) is 0 Å². The average Bonchev–Trinajstić information content (AvgIpc) is 2.91. The molecule has 22 heavy (non-hydrogen) atoms. The van der Waals surface area contributed by atoms with Crippen LogP contribution in [0.25, 0.3) is 0 Å².